The van der Waals surface area contributed by atoms with Gasteiger partial charge in [-0.1, -0.05) is 37.3 Å². The average molecular weight is 533 g/mol. The molecule has 196 valence electrons. The maximum atomic E-state index is 13.8. The molecule has 9 heteroatoms. The van der Waals surface area contributed by atoms with Gasteiger partial charge in [-0.15, -0.1) is 11.3 Å². The van der Waals surface area contributed by atoms with E-state index in [9.17, 15) is 30.0 Å². The molecule has 1 unspecified atom stereocenters. The van der Waals surface area contributed by atoms with Gasteiger partial charge in [-0.3, -0.25) is 4.79 Å². The molecule has 3 aromatic heterocycles. The second-order valence-corrected chi connectivity index (χ2v) is 10.6. The molecular formula is C29H28N2O6S. The summed E-state index contributed by atoms with van der Waals surface area (Å²) in [4.78, 5) is 32.2. The second kappa shape index (κ2) is 10.1. The number of carbonyl (C=O) groups is 2. The van der Waals surface area contributed by atoms with Crippen LogP contribution in [0.2, 0.25) is 0 Å². The largest absolute Gasteiger partial charge is 0.506 e. The summed E-state index contributed by atoms with van der Waals surface area (Å²) in [5, 5.41) is 42.1. The number of hydrogen-bond acceptors (Lipinski definition) is 6. The van der Waals surface area contributed by atoms with Crippen LogP contribution >= 0.6 is 11.3 Å². The molecule has 3 heterocycles. The smallest absolute Gasteiger partial charge is 0.346 e. The Hall–Kier alpha value is -3.92. The normalized spacial score (nSPS) is 12.4. The third-order valence-corrected chi connectivity index (χ3v) is 8.23. The van der Waals surface area contributed by atoms with Crippen molar-refractivity contribution < 1.29 is 30.0 Å². The van der Waals surface area contributed by atoms with E-state index < -0.39 is 24.1 Å². The lowest BCUT2D eigenvalue weighted by Gasteiger charge is -2.10. The highest BCUT2D eigenvalue weighted by Gasteiger charge is 2.31. The Balaban J connectivity index is 1.66. The SMILES string of the molecule is Cc1ccc(CCC(C)CO)c2[nH]cc(C(=O)c3sc(C(=O)O)c(-c4c(CO)[nH]c5ccccc45)c3O)c12. The number of thiophene rings is 1. The molecule has 0 aliphatic rings. The molecule has 38 heavy (non-hydrogen) atoms. The standard InChI is InChI=1S/C29H28N2O6S/c1-14(12-32)7-9-16-10-8-15(2)21-18(11-30-24(16)21)25(34)28-26(35)23(27(38-28)29(36)37)22-17-5-3-4-6-19(17)31-20(22)13-33/h3-6,8,10-11,14,30-33,35H,7,9,12-13H2,1-2H3,(H,36,37). The number of aliphatic hydroxyl groups is 2. The number of aromatic nitrogens is 2. The number of carboxylic acids is 1. The molecule has 0 amide bonds. The molecule has 2 aromatic carbocycles. The first-order valence-corrected chi connectivity index (χ1v) is 13.1. The molecule has 0 saturated carbocycles. The van der Waals surface area contributed by atoms with E-state index >= 15 is 0 Å². The minimum atomic E-state index is -1.27. The van der Waals surface area contributed by atoms with E-state index in [1.165, 1.54) is 0 Å². The Kier molecular flexibility index (Phi) is 6.83. The number of aliphatic hydroxyl groups excluding tert-OH is 2. The Morgan fingerprint density at radius 2 is 1.82 bits per heavy atom. The van der Waals surface area contributed by atoms with Crippen LogP contribution in [0.25, 0.3) is 32.9 Å². The Labute approximate surface area is 222 Å². The number of carbonyl (C=O) groups excluding carboxylic acids is 1. The molecule has 0 spiro atoms. The topological polar surface area (TPSA) is 147 Å². The van der Waals surface area contributed by atoms with Crippen LogP contribution in [-0.2, 0) is 13.0 Å². The van der Waals surface area contributed by atoms with Crippen molar-refractivity contribution in [3.63, 3.8) is 0 Å². The van der Waals surface area contributed by atoms with Gasteiger partial charge in [0, 0.05) is 51.4 Å². The predicted molar refractivity (Wildman–Crippen MR) is 147 cm³/mol. The van der Waals surface area contributed by atoms with Gasteiger partial charge < -0.3 is 30.4 Å². The number of para-hydroxylation sites is 1. The van der Waals surface area contributed by atoms with E-state index in [1.807, 2.05) is 32.0 Å². The number of H-pyrrole nitrogens is 2. The Bertz CT molecular complexity index is 1690. The number of aryl methyl sites for hydroxylation is 2. The molecule has 6 N–H and O–H groups in total. The van der Waals surface area contributed by atoms with Gasteiger partial charge in [0.05, 0.1) is 12.2 Å². The monoisotopic (exact) mass is 532 g/mol. The predicted octanol–water partition coefficient (Wildman–Crippen LogP) is 5.37. The number of aromatic hydroxyl groups is 1. The highest BCUT2D eigenvalue weighted by Crippen LogP contribution is 2.47. The molecule has 0 aliphatic carbocycles. The molecule has 0 saturated heterocycles. The van der Waals surface area contributed by atoms with Crippen LogP contribution < -0.4 is 0 Å². The number of aromatic carboxylic acids is 1. The number of aromatic amines is 2. The molecule has 0 radical (unpaired) electrons. The van der Waals surface area contributed by atoms with Gasteiger partial charge in [-0.05, 0) is 42.9 Å². The van der Waals surface area contributed by atoms with Gasteiger partial charge in [-0.2, -0.15) is 0 Å². The lowest BCUT2D eigenvalue weighted by Crippen LogP contribution is -2.03. The van der Waals surface area contributed by atoms with Gasteiger partial charge in [0.15, 0.2) is 0 Å². The number of benzene rings is 2. The summed E-state index contributed by atoms with van der Waals surface area (Å²) in [7, 11) is 0. The maximum Gasteiger partial charge on any atom is 0.346 e. The van der Waals surface area contributed by atoms with Crippen LogP contribution in [0.5, 0.6) is 5.75 Å². The van der Waals surface area contributed by atoms with Crippen molar-refractivity contribution in [3.8, 4) is 16.9 Å². The Morgan fingerprint density at radius 1 is 1.05 bits per heavy atom. The quantitative estimate of drug-likeness (QED) is 0.141. The third kappa shape index (κ3) is 4.18. The minimum absolute atomic E-state index is 0.0163. The van der Waals surface area contributed by atoms with Crippen molar-refractivity contribution in [1.29, 1.82) is 0 Å². The maximum absolute atomic E-state index is 13.8. The summed E-state index contributed by atoms with van der Waals surface area (Å²) in [6, 6.07) is 11.1. The van der Waals surface area contributed by atoms with E-state index in [0.717, 1.165) is 39.8 Å². The van der Waals surface area contributed by atoms with Crippen LogP contribution in [0.1, 0.15) is 55.1 Å². The zero-order valence-corrected chi connectivity index (χ0v) is 21.8. The summed E-state index contributed by atoms with van der Waals surface area (Å²) < 4.78 is 0. The first-order chi connectivity index (χ1) is 18.3. The lowest BCUT2D eigenvalue weighted by atomic mass is 9.95. The fourth-order valence-corrected chi connectivity index (χ4v) is 6.04. The number of rotatable bonds is 9. The number of ketones is 1. The van der Waals surface area contributed by atoms with E-state index in [-0.39, 0.29) is 27.8 Å². The van der Waals surface area contributed by atoms with E-state index in [0.29, 0.717) is 34.1 Å². The first kappa shape index (κ1) is 25.7. The molecule has 0 aliphatic heterocycles. The number of fused-ring (bicyclic) bond motifs is 2. The van der Waals surface area contributed by atoms with Gasteiger partial charge >= 0.3 is 5.97 Å². The molecule has 0 bridgehead atoms. The van der Waals surface area contributed by atoms with E-state index in [4.69, 9.17) is 0 Å². The fourth-order valence-electron chi connectivity index (χ4n) is 5.04. The zero-order valence-electron chi connectivity index (χ0n) is 21.0. The van der Waals surface area contributed by atoms with Crippen LogP contribution in [0.15, 0.2) is 42.6 Å². The van der Waals surface area contributed by atoms with Gasteiger partial charge in [0.25, 0.3) is 0 Å². The second-order valence-electron chi connectivity index (χ2n) is 9.62. The van der Waals surface area contributed by atoms with Crippen molar-refractivity contribution in [1.82, 2.24) is 9.97 Å². The summed E-state index contributed by atoms with van der Waals surface area (Å²) in [6.45, 7) is 3.57. The Morgan fingerprint density at radius 3 is 2.53 bits per heavy atom. The van der Waals surface area contributed by atoms with Crippen LogP contribution in [-0.4, -0.2) is 48.8 Å². The highest BCUT2D eigenvalue weighted by molar-refractivity contribution is 7.17. The van der Waals surface area contributed by atoms with Crippen molar-refractivity contribution in [2.75, 3.05) is 6.61 Å². The highest BCUT2D eigenvalue weighted by atomic mass is 32.1. The number of nitrogens with one attached hydrogen (secondary N) is 2. The molecule has 5 rings (SSSR count). The average Bonchev–Trinajstić information content (AvgIpc) is 3.61. The first-order valence-electron chi connectivity index (χ1n) is 12.3. The fraction of sp³-hybridized carbons (Fsp3) is 0.241. The minimum Gasteiger partial charge on any atom is -0.506 e. The number of hydrogen-bond donors (Lipinski definition) is 6. The number of carboxylic acid groups (broad SMARTS) is 1. The molecule has 5 aromatic rings. The van der Waals surface area contributed by atoms with E-state index in [2.05, 4.69) is 9.97 Å². The molecule has 0 fully saturated rings. The molecule has 1 atom stereocenters. The molecule has 8 nitrogen and oxygen atoms in total. The molecular weight excluding hydrogens is 504 g/mol. The van der Waals surface area contributed by atoms with Gasteiger partial charge in [0.2, 0.25) is 5.78 Å². The van der Waals surface area contributed by atoms with Crippen LogP contribution in [0.4, 0.5) is 0 Å². The van der Waals surface area contributed by atoms with Crippen molar-refractivity contribution in [2.45, 2.75) is 33.3 Å². The van der Waals surface area contributed by atoms with Gasteiger partial charge in [0.1, 0.15) is 15.5 Å². The third-order valence-electron chi connectivity index (χ3n) is 7.07. The van der Waals surface area contributed by atoms with Crippen molar-refractivity contribution in [2.24, 2.45) is 5.92 Å². The van der Waals surface area contributed by atoms with E-state index in [1.54, 1.807) is 24.4 Å². The van der Waals surface area contributed by atoms with Crippen LogP contribution in [0, 0.1) is 12.8 Å². The van der Waals surface area contributed by atoms with Gasteiger partial charge in [-0.25, -0.2) is 4.79 Å². The van der Waals surface area contributed by atoms with Crippen molar-refractivity contribution in [3.05, 3.63) is 74.7 Å². The summed E-state index contributed by atoms with van der Waals surface area (Å²) in [6.07, 6.45) is 3.10. The van der Waals surface area contributed by atoms with Crippen molar-refractivity contribution >= 4 is 44.9 Å². The zero-order chi connectivity index (χ0) is 27.1. The summed E-state index contributed by atoms with van der Waals surface area (Å²) in [5.74, 6) is -2.03. The summed E-state index contributed by atoms with van der Waals surface area (Å²) in [5.41, 5.74) is 4.45. The lowest BCUT2D eigenvalue weighted by molar-refractivity contribution is 0.0702. The van der Waals surface area contributed by atoms with Crippen LogP contribution in [0.3, 0.4) is 0 Å². The summed E-state index contributed by atoms with van der Waals surface area (Å²) >= 11 is 0.726.